The van der Waals surface area contributed by atoms with Crippen LogP contribution >= 0.6 is 0 Å². The SMILES string of the molecule is CC(=O)N(Cc1cc(C#N)c2c(c1)nc(-n1c(C)ccc1C)n2C)c1ccc2ccccc2c1C#N. The highest BCUT2D eigenvalue weighted by Crippen LogP contribution is 2.31. The maximum atomic E-state index is 12.8. The number of fused-ring (bicyclic) bond motifs is 2. The zero-order valence-corrected chi connectivity index (χ0v) is 20.6. The summed E-state index contributed by atoms with van der Waals surface area (Å²) >= 11 is 0. The van der Waals surface area contributed by atoms with Crippen molar-refractivity contribution in [2.24, 2.45) is 7.05 Å². The van der Waals surface area contributed by atoms with E-state index in [0.717, 1.165) is 39.2 Å². The van der Waals surface area contributed by atoms with Crippen molar-refractivity contribution in [3.05, 3.63) is 88.7 Å². The molecule has 1 amide bonds. The van der Waals surface area contributed by atoms with Gasteiger partial charge in [0.25, 0.3) is 0 Å². The fourth-order valence-corrected chi connectivity index (χ4v) is 4.91. The van der Waals surface area contributed by atoms with E-state index in [9.17, 15) is 15.3 Å². The summed E-state index contributed by atoms with van der Waals surface area (Å²) in [6, 6.07) is 23.7. The highest BCUT2D eigenvalue weighted by molar-refractivity contribution is 5.99. The molecule has 0 spiro atoms. The molecule has 0 bridgehead atoms. The van der Waals surface area contributed by atoms with Crippen LogP contribution in [-0.2, 0) is 18.4 Å². The second-order valence-corrected chi connectivity index (χ2v) is 8.94. The average Bonchev–Trinajstić information content (AvgIpc) is 3.38. The van der Waals surface area contributed by atoms with Gasteiger partial charge in [-0.05, 0) is 55.1 Å². The number of hydrogen-bond acceptors (Lipinski definition) is 4. The number of aryl methyl sites for hydroxylation is 3. The van der Waals surface area contributed by atoms with Crippen molar-refractivity contribution < 1.29 is 4.79 Å². The molecule has 0 fully saturated rings. The minimum absolute atomic E-state index is 0.194. The number of nitriles is 2. The monoisotopic (exact) mass is 472 g/mol. The fourth-order valence-electron chi connectivity index (χ4n) is 4.91. The van der Waals surface area contributed by atoms with E-state index in [2.05, 4.69) is 16.7 Å². The lowest BCUT2D eigenvalue weighted by Gasteiger charge is -2.23. The van der Waals surface area contributed by atoms with Crippen molar-refractivity contribution >= 4 is 33.4 Å². The molecule has 7 nitrogen and oxygen atoms in total. The van der Waals surface area contributed by atoms with E-state index < -0.39 is 0 Å². The van der Waals surface area contributed by atoms with Gasteiger partial charge in [-0.3, -0.25) is 9.36 Å². The molecular weight excluding hydrogens is 448 g/mol. The van der Waals surface area contributed by atoms with Gasteiger partial charge in [0, 0.05) is 30.7 Å². The number of amides is 1. The van der Waals surface area contributed by atoms with Crippen LogP contribution in [0.25, 0.3) is 27.8 Å². The molecule has 0 aliphatic rings. The molecule has 36 heavy (non-hydrogen) atoms. The van der Waals surface area contributed by atoms with Gasteiger partial charge in [0.05, 0.1) is 34.4 Å². The van der Waals surface area contributed by atoms with Crippen LogP contribution in [0.2, 0.25) is 0 Å². The van der Waals surface area contributed by atoms with Crippen molar-refractivity contribution in [3.63, 3.8) is 0 Å². The Morgan fingerprint density at radius 1 is 1.00 bits per heavy atom. The zero-order valence-electron chi connectivity index (χ0n) is 20.6. The third-order valence-electron chi connectivity index (χ3n) is 6.63. The molecule has 0 N–H and O–H groups in total. The summed E-state index contributed by atoms with van der Waals surface area (Å²) in [6.45, 7) is 5.73. The Morgan fingerprint density at radius 2 is 1.72 bits per heavy atom. The molecule has 2 heterocycles. The first kappa shape index (κ1) is 22.9. The quantitative estimate of drug-likeness (QED) is 0.349. The van der Waals surface area contributed by atoms with Gasteiger partial charge in [-0.2, -0.15) is 10.5 Å². The van der Waals surface area contributed by atoms with Crippen molar-refractivity contribution in [2.45, 2.75) is 27.3 Å². The van der Waals surface area contributed by atoms with Crippen LogP contribution in [-0.4, -0.2) is 20.0 Å². The summed E-state index contributed by atoms with van der Waals surface area (Å²) in [7, 11) is 1.90. The number of rotatable bonds is 4. The topological polar surface area (TPSA) is 90.6 Å². The number of carbonyl (C=O) groups is 1. The maximum Gasteiger partial charge on any atom is 0.224 e. The van der Waals surface area contributed by atoms with E-state index in [1.807, 2.05) is 80.1 Å². The van der Waals surface area contributed by atoms with Crippen LogP contribution in [0.3, 0.4) is 0 Å². The molecule has 5 rings (SSSR count). The van der Waals surface area contributed by atoms with Gasteiger partial charge in [0.2, 0.25) is 11.9 Å². The molecule has 0 aliphatic carbocycles. The number of benzene rings is 3. The van der Waals surface area contributed by atoms with Gasteiger partial charge >= 0.3 is 0 Å². The fraction of sp³-hybridized carbons (Fsp3) is 0.172. The zero-order chi connectivity index (χ0) is 25.6. The van der Waals surface area contributed by atoms with E-state index >= 15 is 0 Å². The molecule has 0 atom stereocenters. The smallest absolute Gasteiger partial charge is 0.224 e. The Hall–Kier alpha value is -4.88. The molecule has 0 radical (unpaired) electrons. The van der Waals surface area contributed by atoms with Gasteiger partial charge in [-0.25, -0.2) is 4.98 Å². The third-order valence-corrected chi connectivity index (χ3v) is 6.63. The highest BCUT2D eigenvalue weighted by atomic mass is 16.2. The van der Waals surface area contributed by atoms with Crippen LogP contribution in [0.5, 0.6) is 0 Å². The summed E-state index contributed by atoms with van der Waals surface area (Å²) in [5, 5.41) is 21.7. The molecule has 3 aromatic carbocycles. The first-order valence-electron chi connectivity index (χ1n) is 11.6. The molecule has 2 aromatic heterocycles. The van der Waals surface area contributed by atoms with Crippen LogP contribution in [0, 0.1) is 36.5 Å². The number of anilines is 1. The predicted octanol–water partition coefficient (Wildman–Crippen LogP) is 5.43. The van der Waals surface area contributed by atoms with E-state index in [-0.39, 0.29) is 12.5 Å². The summed E-state index contributed by atoms with van der Waals surface area (Å²) in [4.78, 5) is 19.2. The lowest BCUT2D eigenvalue weighted by molar-refractivity contribution is -0.116. The number of hydrogen-bond donors (Lipinski definition) is 0. The summed E-state index contributed by atoms with van der Waals surface area (Å²) < 4.78 is 3.98. The van der Waals surface area contributed by atoms with Crippen molar-refractivity contribution in [1.82, 2.24) is 14.1 Å². The van der Waals surface area contributed by atoms with Gasteiger partial charge in [-0.15, -0.1) is 0 Å². The minimum Gasteiger partial charge on any atom is -0.312 e. The predicted molar refractivity (Wildman–Crippen MR) is 140 cm³/mol. The van der Waals surface area contributed by atoms with Gasteiger partial charge < -0.3 is 9.47 Å². The average molecular weight is 473 g/mol. The molecule has 0 aliphatic heterocycles. The Bertz CT molecular complexity index is 1740. The van der Waals surface area contributed by atoms with E-state index in [1.165, 1.54) is 6.92 Å². The molecule has 176 valence electrons. The van der Waals surface area contributed by atoms with Gasteiger partial charge in [0.1, 0.15) is 12.1 Å². The Labute approximate surface area is 209 Å². The highest BCUT2D eigenvalue weighted by Gasteiger charge is 2.21. The Balaban J connectivity index is 1.64. The Kier molecular flexibility index (Phi) is 5.54. The normalized spacial score (nSPS) is 10.9. The number of nitrogens with zero attached hydrogens (tertiary/aromatic N) is 6. The Morgan fingerprint density at radius 3 is 2.39 bits per heavy atom. The minimum atomic E-state index is -0.194. The van der Waals surface area contributed by atoms with E-state index in [1.54, 1.807) is 11.0 Å². The maximum absolute atomic E-state index is 12.8. The van der Waals surface area contributed by atoms with E-state index in [4.69, 9.17) is 4.98 Å². The van der Waals surface area contributed by atoms with Crippen molar-refractivity contribution in [3.8, 4) is 18.1 Å². The number of carbonyl (C=O) groups excluding carboxylic acids is 1. The molecule has 5 aromatic rings. The lowest BCUT2D eigenvalue weighted by Crippen LogP contribution is -2.28. The second-order valence-electron chi connectivity index (χ2n) is 8.94. The molecular formula is C29H24N6O. The van der Waals surface area contributed by atoms with Crippen LogP contribution in [0.4, 0.5) is 5.69 Å². The van der Waals surface area contributed by atoms with E-state index in [0.29, 0.717) is 22.3 Å². The standard InChI is InChI=1S/C29H24N6O/c1-18-9-10-19(2)35(18)29-32-26-14-21(13-23(15-30)28(26)33(29)4)17-34(20(3)36)27-12-11-22-7-5-6-8-24(22)25(27)16-31/h5-14H,17H2,1-4H3. The van der Waals surface area contributed by atoms with Crippen LogP contribution in [0.15, 0.2) is 60.7 Å². The summed E-state index contributed by atoms with van der Waals surface area (Å²) in [6.07, 6.45) is 0. The number of aromatic nitrogens is 3. The van der Waals surface area contributed by atoms with Gasteiger partial charge in [-0.1, -0.05) is 30.3 Å². The van der Waals surface area contributed by atoms with Crippen molar-refractivity contribution in [1.29, 1.82) is 10.5 Å². The van der Waals surface area contributed by atoms with Gasteiger partial charge in [0.15, 0.2) is 0 Å². The second kappa shape index (κ2) is 8.72. The van der Waals surface area contributed by atoms with Crippen molar-refractivity contribution in [2.75, 3.05) is 4.90 Å². The van der Waals surface area contributed by atoms with Crippen LogP contribution < -0.4 is 4.90 Å². The molecule has 0 unspecified atom stereocenters. The first-order chi connectivity index (χ1) is 17.3. The molecule has 0 saturated carbocycles. The van der Waals surface area contributed by atoms with Crippen LogP contribution in [0.1, 0.15) is 35.0 Å². The lowest BCUT2D eigenvalue weighted by atomic mass is 10.0. The summed E-state index contributed by atoms with van der Waals surface area (Å²) in [5.74, 6) is 0.532. The first-order valence-corrected chi connectivity index (χ1v) is 11.6. The largest absolute Gasteiger partial charge is 0.312 e. The third kappa shape index (κ3) is 3.59. The number of imidazole rings is 1. The summed E-state index contributed by atoms with van der Waals surface area (Å²) in [5.41, 5.74) is 5.75. The molecule has 7 heteroatoms. The molecule has 0 saturated heterocycles.